The maximum absolute atomic E-state index is 12.0. The van der Waals surface area contributed by atoms with Gasteiger partial charge in [-0.3, -0.25) is 4.79 Å². The highest BCUT2D eigenvalue weighted by molar-refractivity contribution is 7.13. The van der Waals surface area contributed by atoms with E-state index >= 15 is 0 Å². The molecule has 1 aliphatic carbocycles. The fourth-order valence-corrected chi connectivity index (χ4v) is 3.46. The zero-order valence-corrected chi connectivity index (χ0v) is 13.4. The van der Waals surface area contributed by atoms with E-state index < -0.39 is 0 Å². The fraction of sp³-hybridized carbons (Fsp3) is 0.562. The molecule has 1 amide bonds. The maximum atomic E-state index is 12.0. The Morgan fingerprint density at radius 3 is 2.86 bits per heavy atom. The summed E-state index contributed by atoms with van der Waals surface area (Å²) in [6.07, 6.45) is 8.14. The van der Waals surface area contributed by atoms with E-state index in [0.717, 1.165) is 17.7 Å². The Hall–Kier alpha value is -1.69. The zero-order chi connectivity index (χ0) is 15.2. The summed E-state index contributed by atoms with van der Waals surface area (Å²) < 4.78 is 5.21. The minimum absolute atomic E-state index is 0.0859. The first-order valence-corrected chi connectivity index (χ1v) is 8.85. The highest BCUT2D eigenvalue weighted by Crippen LogP contribution is 2.21. The van der Waals surface area contributed by atoms with Crippen molar-refractivity contribution in [3.8, 4) is 10.7 Å². The van der Waals surface area contributed by atoms with Gasteiger partial charge in [0.25, 0.3) is 0 Å². The Bertz CT molecular complexity index is 586. The number of carbonyl (C=O) groups excluding carboxylic acids is 1. The Morgan fingerprint density at radius 1 is 1.32 bits per heavy atom. The van der Waals surface area contributed by atoms with E-state index in [1.807, 2.05) is 17.5 Å². The quantitative estimate of drug-likeness (QED) is 0.856. The van der Waals surface area contributed by atoms with Crippen molar-refractivity contribution in [2.75, 3.05) is 0 Å². The molecule has 6 heteroatoms. The van der Waals surface area contributed by atoms with E-state index in [1.165, 1.54) is 25.7 Å². The van der Waals surface area contributed by atoms with E-state index in [0.29, 0.717) is 30.6 Å². The van der Waals surface area contributed by atoms with Crippen LogP contribution in [-0.4, -0.2) is 22.1 Å². The van der Waals surface area contributed by atoms with Gasteiger partial charge in [-0.1, -0.05) is 36.9 Å². The van der Waals surface area contributed by atoms with Crippen molar-refractivity contribution < 1.29 is 9.32 Å². The minimum Gasteiger partial charge on any atom is -0.353 e. The molecule has 0 spiro atoms. The van der Waals surface area contributed by atoms with Crippen molar-refractivity contribution in [1.82, 2.24) is 15.5 Å². The Morgan fingerprint density at radius 2 is 2.14 bits per heavy atom. The molecule has 0 bridgehead atoms. The van der Waals surface area contributed by atoms with Crippen molar-refractivity contribution >= 4 is 17.2 Å². The summed E-state index contributed by atoms with van der Waals surface area (Å²) in [5.41, 5.74) is 0. The Kier molecular flexibility index (Phi) is 5.21. The first-order valence-electron chi connectivity index (χ1n) is 7.97. The van der Waals surface area contributed by atoms with Gasteiger partial charge in [-0.05, 0) is 24.3 Å². The predicted molar refractivity (Wildman–Crippen MR) is 85.6 cm³/mol. The lowest BCUT2D eigenvalue weighted by Gasteiger charge is -2.15. The molecular weight excluding hydrogens is 298 g/mol. The van der Waals surface area contributed by atoms with E-state index in [-0.39, 0.29) is 5.91 Å². The number of amides is 1. The minimum atomic E-state index is 0.0859. The predicted octanol–water partition coefficient (Wildman–Crippen LogP) is 3.57. The number of thiophene rings is 1. The van der Waals surface area contributed by atoms with Crippen molar-refractivity contribution in [1.29, 1.82) is 0 Å². The molecule has 1 fully saturated rings. The smallest absolute Gasteiger partial charge is 0.227 e. The van der Waals surface area contributed by atoms with Gasteiger partial charge >= 0.3 is 0 Å². The summed E-state index contributed by atoms with van der Waals surface area (Å²) in [6, 6.07) is 4.26. The second kappa shape index (κ2) is 7.54. The summed E-state index contributed by atoms with van der Waals surface area (Å²) in [5, 5.41) is 9.07. The average molecular weight is 319 g/mol. The van der Waals surface area contributed by atoms with Crippen molar-refractivity contribution in [3.63, 3.8) is 0 Å². The first-order chi connectivity index (χ1) is 10.8. The summed E-state index contributed by atoms with van der Waals surface area (Å²) in [6.45, 7) is 0. The third-order valence-electron chi connectivity index (χ3n) is 4.00. The number of nitrogens with one attached hydrogen (secondary N) is 1. The molecule has 0 atom stereocenters. The lowest BCUT2D eigenvalue weighted by Crippen LogP contribution is -2.34. The molecule has 3 rings (SSSR count). The summed E-state index contributed by atoms with van der Waals surface area (Å²) in [5.74, 6) is 1.22. The highest BCUT2D eigenvalue weighted by atomic mass is 32.1. The number of hydrogen-bond acceptors (Lipinski definition) is 5. The highest BCUT2D eigenvalue weighted by Gasteiger charge is 2.16. The van der Waals surface area contributed by atoms with Crippen LogP contribution < -0.4 is 5.32 Å². The van der Waals surface area contributed by atoms with Crippen LogP contribution in [0.3, 0.4) is 0 Å². The second-order valence-corrected chi connectivity index (χ2v) is 6.69. The third-order valence-corrected chi connectivity index (χ3v) is 4.86. The van der Waals surface area contributed by atoms with E-state index in [4.69, 9.17) is 4.52 Å². The van der Waals surface area contributed by atoms with Gasteiger partial charge in [0.15, 0.2) is 0 Å². The van der Waals surface area contributed by atoms with Crippen LogP contribution in [0.15, 0.2) is 22.0 Å². The number of carbonyl (C=O) groups is 1. The van der Waals surface area contributed by atoms with Crippen LogP contribution in [0.5, 0.6) is 0 Å². The molecule has 2 aromatic heterocycles. The van der Waals surface area contributed by atoms with Crippen molar-refractivity contribution in [2.45, 2.75) is 57.4 Å². The molecule has 0 aliphatic heterocycles. The van der Waals surface area contributed by atoms with Gasteiger partial charge in [0.1, 0.15) is 0 Å². The zero-order valence-electron chi connectivity index (χ0n) is 12.6. The normalized spacial score (nSPS) is 16.4. The molecule has 1 saturated carbocycles. The summed E-state index contributed by atoms with van der Waals surface area (Å²) in [7, 11) is 0. The standard InChI is InChI=1S/C16H21N3O2S/c20-14(17-12-6-3-1-2-4-7-12)9-10-15-18-16(19-21-15)13-8-5-11-22-13/h5,8,11-12H,1-4,6-7,9-10H2,(H,17,20). The van der Waals surface area contributed by atoms with Crippen LogP contribution in [-0.2, 0) is 11.2 Å². The first kappa shape index (κ1) is 15.2. The van der Waals surface area contributed by atoms with Crippen molar-refractivity contribution in [2.24, 2.45) is 0 Å². The number of nitrogens with zero attached hydrogens (tertiary/aromatic N) is 2. The average Bonchev–Trinajstić information content (AvgIpc) is 3.14. The number of hydrogen-bond donors (Lipinski definition) is 1. The molecule has 118 valence electrons. The molecule has 1 N–H and O–H groups in total. The molecule has 2 heterocycles. The number of aryl methyl sites for hydroxylation is 1. The lowest BCUT2D eigenvalue weighted by molar-refractivity contribution is -0.121. The number of aromatic nitrogens is 2. The van der Waals surface area contributed by atoms with Gasteiger partial charge in [-0.25, -0.2) is 0 Å². The van der Waals surface area contributed by atoms with Gasteiger partial charge < -0.3 is 9.84 Å². The monoisotopic (exact) mass is 319 g/mol. The topological polar surface area (TPSA) is 68.0 Å². The molecule has 0 saturated heterocycles. The molecule has 0 unspecified atom stereocenters. The lowest BCUT2D eigenvalue weighted by atomic mass is 10.1. The Balaban J connectivity index is 1.46. The van der Waals surface area contributed by atoms with Crippen LogP contribution >= 0.6 is 11.3 Å². The SMILES string of the molecule is O=C(CCc1nc(-c2cccs2)no1)NC1CCCCCC1. The third kappa shape index (κ3) is 4.16. The van der Waals surface area contributed by atoms with Crippen LogP contribution in [0.4, 0.5) is 0 Å². The summed E-state index contributed by atoms with van der Waals surface area (Å²) in [4.78, 5) is 17.4. The van der Waals surface area contributed by atoms with Gasteiger partial charge in [-0.2, -0.15) is 4.98 Å². The van der Waals surface area contributed by atoms with E-state index in [2.05, 4.69) is 15.5 Å². The molecule has 2 aromatic rings. The molecular formula is C16H21N3O2S. The number of rotatable bonds is 5. The van der Waals surface area contributed by atoms with Crippen molar-refractivity contribution in [3.05, 3.63) is 23.4 Å². The molecule has 1 aliphatic rings. The largest absolute Gasteiger partial charge is 0.353 e. The van der Waals surface area contributed by atoms with Crippen LogP contribution in [0.2, 0.25) is 0 Å². The van der Waals surface area contributed by atoms with Crippen LogP contribution in [0, 0.1) is 0 Å². The molecule has 5 nitrogen and oxygen atoms in total. The second-order valence-electron chi connectivity index (χ2n) is 5.75. The van der Waals surface area contributed by atoms with E-state index in [9.17, 15) is 4.79 Å². The summed E-state index contributed by atoms with van der Waals surface area (Å²) >= 11 is 1.57. The molecule has 0 radical (unpaired) electrons. The van der Waals surface area contributed by atoms with Crippen LogP contribution in [0.25, 0.3) is 10.7 Å². The van der Waals surface area contributed by atoms with Gasteiger partial charge in [0, 0.05) is 18.9 Å². The molecule has 0 aromatic carbocycles. The van der Waals surface area contributed by atoms with E-state index in [1.54, 1.807) is 11.3 Å². The van der Waals surface area contributed by atoms with Gasteiger partial charge in [-0.15, -0.1) is 11.3 Å². The van der Waals surface area contributed by atoms with Gasteiger partial charge in [0.05, 0.1) is 4.88 Å². The Labute approximate surface area is 134 Å². The fourth-order valence-electron chi connectivity index (χ4n) is 2.81. The molecule has 22 heavy (non-hydrogen) atoms. The van der Waals surface area contributed by atoms with Gasteiger partial charge in [0.2, 0.25) is 17.6 Å². The van der Waals surface area contributed by atoms with Crippen LogP contribution in [0.1, 0.15) is 50.8 Å². The maximum Gasteiger partial charge on any atom is 0.227 e.